The van der Waals surface area contributed by atoms with Crippen molar-refractivity contribution in [1.29, 1.82) is 0 Å². The monoisotopic (exact) mass is 535 g/mol. The van der Waals surface area contributed by atoms with Gasteiger partial charge in [-0.1, -0.05) is 56.5 Å². The SMILES string of the molecule is CCCCC1=NC2(CCCC2)C(=O)N1Cc1ccc(-c2cc(-c3cncc(OC)c3)ccc2-c2nn[nH]n2)cc1. The van der Waals surface area contributed by atoms with Crippen LogP contribution in [0.2, 0.25) is 0 Å². The van der Waals surface area contributed by atoms with Crippen molar-refractivity contribution in [2.75, 3.05) is 7.11 Å². The second-order valence-corrected chi connectivity index (χ2v) is 10.6. The maximum Gasteiger partial charge on any atom is 0.256 e. The van der Waals surface area contributed by atoms with E-state index in [4.69, 9.17) is 9.73 Å². The first kappa shape index (κ1) is 25.9. The van der Waals surface area contributed by atoms with Crippen LogP contribution in [0.15, 0.2) is 65.9 Å². The van der Waals surface area contributed by atoms with E-state index in [9.17, 15) is 4.79 Å². The third kappa shape index (κ3) is 4.87. The molecule has 4 aromatic rings. The molecule has 9 nitrogen and oxygen atoms in total. The number of aromatic amines is 1. The van der Waals surface area contributed by atoms with Crippen LogP contribution in [0.3, 0.4) is 0 Å². The number of aliphatic imine (C=N–C) groups is 1. The maximum atomic E-state index is 13.6. The van der Waals surface area contributed by atoms with Crippen molar-refractivity contribution >= 4 is 11.7 Å². The number of amidine groups is 1. The van der Waals surface area contributed by atoms with Crippen LogP contribution in [0, 0.1) is 0 Å². The first-order valence-corrected chi connectivity index (χ1v) is 14.0. The number of amides is 1. The number of hydrogen-bond donors (Lipinski definition) is 1. The zero-order valence-corrected chi connectivity index (χ0v) is 22.9. The Labute approximate surface area is 233 Å². The lowest BCUT2D eigenvalue weighted by molar-refractivity contribution is -0.131. The van der Waals surface area contributed by atoms with Crippen LogP contribution in [-0.2, 0) is 11.3 Å². The summed E-state index contributed by atoms with van der Waals surface area (Å²) in [6.07, 6.45) is 10.4. The summed E-state index contributed by atoms with van der Waals surface area (Å²) in [6, 6.07) is 16.5. The van der Waals surface area contributed by atoms with Crippen molar-refractivity contribution in [3.8, 4) is 39.4 Å². The van der Waals surface area contributed by atoms with E-state index in [1.807, 2.05) is 29.3 Å². The smallest absolute Gasteiger partial charge is 0.256 e. The molecular formula is C31H33N7O2. The fourth-order valence-corrected chi connectivity index (χ4v) is 5.79. The number of ether oxygens (including phenoxy) is 1. The molecule has 2 aromatic heterocycles. The van der Waals surface area contributed by atoms with E-state index in [-0.39, 0.29) is 5.91 Å². The second kappa shape index (κ2) is 11.0. The molecule has 204 valence electrons. The maximum absolute atomic E-state index is 13.6. The van der Waals surface area contributed by atoms with Crippen LogP contribution in [0.1, 0.15) is 57.4 Å². The Balaban J connectivity index is 1.31. The fourth-order valence-electron chi connectivity index (χ4n) is 5.79. The summed E-state index contributed by atoms with van der Waals surface area (Å²) < 4.78 is 5.38. The van der Waals surface area contributed by atoms with Crippen molar-refractivity contribution in [2.45, 2.75) is 64.0 Å². The van der Waals surface area contributed by atoms with Gasteiger partial charge in [0.25, 0.3) is 5.91 Å². The highest BCUT2D eigenvalue weighted by Crippen LogP contribution is 2.40. The third-order valence-electron chi connectivity index (χ3n) is 7.98. The van der Waals surface area contributed by atoms with Crippen molar-refractivity contribution in [3.63, 3.8) is 0 Å². The summed E-state index contributed by atoms with van der Waals surface area (Å²) >= 11 is 0. The molecule has 1 amide bonds. The van der Waals surface area contributed by atoms with E-state index >= 15 is 0 Å². The Hall–Kier alpha value is -4.40. The van der Waals surface area contributed by atoms with E-state index in [2.05, 4.69) is 62.9 Å². The van der Waals surface area contributed by atoms with E-state index in [0.29, 0.717) is 18.1 Å². The zero-order valence-electron chi connectivity index (χ0n) is 22.9. The minimum absolute atomic E-state index is 0.180. The highest BCUT2D eigenvalue weighted by Gasteiger charge is 2.49. The van der Waals surface area contributed by atoms with Gasteiger partial charge in [0, 0.05) is 23.7 Å². The molecule has 0 radical (unpaired) electrons. The Bertz CT molecular complexity index is 1520. The Morgan fingerprint density at radius 3 is 2.50 bits per heavy atom. The molecular weight excluding hydrogens is 502 g/mol. The lowest BCUT2D eigenvalue weighted by atomic mass is 9.94. The van der Waals surface area contributed by atoms with Gasteiger partial charge in [-0.2, -0.15) is 5.21 Å². The summed E-state index contributed by atoms with van der Waals surface area (Å²) in [7, 11) is 1.63. The van der Waals surface area contributed by atoms with Crippen molar-refractivity contribution in [2.24, 2.45) is 4.99 Å². The average molecular weight is 536 g/mol. The van der Waals surface area contributed by atoms with Crippen LogP contribution >= 0.6 is 0 Å². The molecule has 1 aliphatic carbocycles. The molecule has 1 N–H and O–H groups in total. The Kier molecular flexibility index (Phi) is 7.11. The van der Waals surface area contributed by atoms with Gasteiger partial charge in [0.15, 0.2) is 0 Å². The predicted octanol–water partition coefficient (Wildman–Crippen LogP) is 5.85. The topological polar surface area (TPSA) is 109 Å². The van der Waals surface area contributed by atoms with Crippen LogP contribution in [0.5, 0.6) is 5.75 Å². The largest absolute Gasteiger partial charge is 0.495 e. The number of unbranched alkanes of at least 4 members (excludes halogenated alkanes) is 1. The number of nitrogens with one attached hydrogen (secondary N) is 1. The second-order valence-electron chi connectivity index (χ2n) is 10.6. The highest BCUT2D eigenvalue weighted by atomic mass is 16.5. The molecule has 0 bridgehead atoms. The summed E-state index contributed by atoms with van der Waals surface area (Å²) in [5, 5.41) is 14.8. The van der Waals surface area contributed by atoms with Gasteiger partial charge >= 0.3 is 0 Å². The molecule has 1 spiro atoms. The standard InChI is InChI=1S/C31H33N7O2/c1-3-4-7-28-33-31(14-5-6-15-31)30(39)38(28)20-21-8-10-22(11-9-21)27-17-23(24-16-25(40-2)19-32-18-24)12-13-26(27)29-34-36-37-35-29/h8-13,16-19H,3-7,14-15,20H2,1-2H3,(H,34,35,36,37). The number of benzene rings is 2. The minimum atomic E-state index is -0.516. The van der Waals surface area contributed by atoms with E-state index in [1.165, 1.54) is 0 Å². The number of nitrogens with zero attached hydrogens (tertiary/aromatic N) is 6. The molecule has 1 saturated carbocycles. The number of tetrazole rings is 1. The molecule has 0 unspecified atom stereocenters. The molecule has 6 rings (SSSR count). The number of pyridine rings is 1. The van der Waals surface area contributed by atoms with E-state index in [0.717, 1.165) is 84.2 Å². The predicted molar refractivity (Wildman–Crippen MR) is 154 cm³/mol. The van der Waals surface area contributed by atoms with Crippen molar-refractivity contribution in [3.05, 3.63) is 66.5 Å². The van der Waals surface area contributed by atoms with E-state index in [1.54, 1.807) is 13.3 Å². The van der Waals surface area contributed by atoms with Crippen molar-refractivity contribution < 1.29 is 9.53 Å². The first-order chi connectivity index (χ1) is 19.6. The van der Waals surface area contributed by atoms with Crippen LogP contribution in [-0.4, -0.2) is 54.9 Å². The quantitative estimate of drug-likeness (QED) is 0.288. The molecule has 1 fully saturated rings. The summed E-state index contributed by atoms with van der Waals surface area (Å²) in [6.45, 7) is 2.71. The highest BCUT2D eigenvalue weighted by molar-refractivity contribution is 6.08. The molecule has 2 aromatic carbocycles. The number of H-pyrrole nitrogens is 1. The van der Waals surface area contributed by atoms with Gasteiger partial charge in [-0.3, -0.25) is 19.7 Å². The number of rotatable bonds is 9. The molecule has 9 heteroatoms. The average Bonchev–Trinajstić information content (AvgIpc) is 3.76. The van der Waals surface area contributed by atoms with Crippen LogP contribution in [0.25, 0.3) is 33.6 Å². The summed E-state index contributed by atoms with van der Waals surface area (Å²) in [5.41, 5.74) is 5.36. The normalized spacial score (nSPS) is 16.1. The molecule has 0 saturated heterocycles. The third-order valence-corrected chi connectivity index (χ3v) is 7.98. The zero-order chi connectivity index (χ0) is 27.5. The Morgan fingerprint density at radius 2 is 1.77 bits per heavy atom. The molecule has 0 atom stereocenters. The lowest BCUT2D eigenvalue weighted by Crippen LogP contribution is -2.40. The first-order valence-electron chi connectivity index (χ1n) is 14.0. The van der Waals surface area contributed by atoms with Gasteiger partial charge < -0.3 is 4.74 Å². The molecule has 40 heavy (non-hydrogen) atoms. The minimum Gasteiger partial charge on any atom is -0.495 e. The number of methoxy groups -OCH3 is 1. The Morgan fingerprint density at radius 1 is 0.975 bits per heavy atom. The van der Waals surface area contributed by atoms with Gasteiger partial charge in [-0.25, -0.2) is 0 Å². The molecule has 2 aliphatic rings. The summed E-state index contributed by atoms with van der Waals surface area (Å²) in [4.78, 5) is 24.9. The van der Waals surface area contributed by atoms with Gasteiger partial charge in [-0.15, -0.1) is 10.2 Å². The van der Waals surface area contributed by atoms with Gasteiger partial charge in [0.2, 0.25) is 5.82 Å². The van der Waals surface area contributed by atoms with Gasteiger partial charge in [0.1, 0.15) is 17.1 Å². The van der Waals surface area contributed by atoms with Crippen LogP contribution in [0.4, 0.5) is 0 Å². The van der Waals surface area contributed by atoms with Gasteiger partial charge in [0.05, 0.1) is 19.9 Å². The number of hydrogen-bond acceptors (Lipinski definition) is 7. The summed E-state index contributed by atoms with van der Waals surface area (Å²) in [5.74, 6) is 2.36. The van der Waals surface area contributed by atoms with Crippen molar-refractivity contribution in [1.82, 2.24) is 30.5 Å². The molecule has 3 heterocycles. The number of carbonyl (C=O) groups is 1. The van der Waals surface area contributed by atoms with E-state index < -0.39 is 5.54 Å². The van der Waals surface area contributed by atoms with Crippen LogP contribution < -0.4 is 4.74 Å². The molecule has 1 aliphatic heterocycles. The number of carbonyl (C=O) groups excluding carboxylic acids is 1. The fraction of sp³-hybridized carbons (Fsp3) is 0.355. The lowest BCUT2D eigenvalue weighted by Gasteiger charge is -2.23. The number of aromatic nitrogens is 5. The van der Waals surface area contributed by atoms with Gasteiger partial charge in [-0.05, 0) is 64.9 Å².